The first kappa shape index (κ1) is 21.3. The first-order valence-electron chi connectivity index (χ1n) is 10.9. The van der Waals surface area contributed by atoms with Crippen molar-refractivity contribution in [1.29, 1.82) is 0 Å². The number of aryl methyl sites for hydroxylation is 1. The van der Waals surface area contributed by atoms with Gasteiger partial charge in [-0.1, -0.05) is 30.3 Å². The van der Waals surface area contributed by atoms with Gasteiger partial charge in [0.2, 0.25) is 0 Å². The number of nitrogens with one attached hydrogen (secondary N) is 2. The second-order valence-electron chi connectivity index (χ2n) is 8.05. The standard InChI is InChI=1S/C26H23N7O/c1-17-11-20(14-27-13-17)26(34)31-21-8-6-7-19(12-21)18(2)30-24-16-28-23-15-29-33(25(23)32-24)22-9-4-3-5-10-22/h3-16,18H,1-2H3,(H,30,32)(H,31,34)/t18-/m0/s1. The zero-order valence-electron chi connectivity index (χ0n) is 18.8. The highest BCUT2D eigenvalue weighted by Crippen LogP contribution is 2.23. The van der Waals surface area contributed by atoms with Crippen LogP contribution in [0.2, 0.25) is 0 Å². The molecule has 5 aromatic rings. The van der Waals surface area contributed by atoms with Crippen LogP contribution in [0.1, 0.15) is 34.5 Å². The van der Waals surface area contributed by atoms with E-state index in [1.165, 1.54) is 0 Å². The second kappa shape index (κ2) is 9.11. The van der Waals surface area contributed by atoms with E-state index in [4.69, 9.17) is 4.98 Å². The van der Waals surface area contributed by atoms with Gasteiger partial charge in [0.1, 0.15) is 11.3 Å². The predicted octanol–water partition coefficient (Wildman–Crippen LogP) is 4.94. The molecular weight excluding hydrogens is 426 g/mol. The van der Waals surface area contributed by atoms with Crippen LogP contribution >= 0.6 is 0 Å². The number of fused-ring (bicyclic) bond motifs is 1. The number of anilines is 2. The first-order chi connectivity index (χ1) is 16.6. The third-order valence-corrected chi connectivity index (χ3v) is 5.42. The summed E-state index contributed by atoms with van der Waals surface area (Å²) in [4.78, 5) is 25.9. The summed E-state index contributed by atoms with van der Waals surface area (Å²) < 4.78 is 1.77. The Kier molecular flexibility index (Phi) is 5.70. The Labute approximate surface area is 196 Å². The van der Waals surface area contributed by atoms with E-state index in [-0.39, 0.29) is 11.9 Å². The van der Waals surface area contributed by atoms with Gasteiger partial charge in [0.05, 0.1) is 29.7 Å². The lowest BCUT2D eigenvalue weighted by molar-refractivity contribution is 0.102. The number of rotatable bonds is 6. The van der Waals surface area contributed by atoms with E-state index in [0.29, 0.717) is 22.7 Å². The minimum atomic E-state index is -0.195. The zero-order chi connectivity index (χ0) is 23.5. The average Bonchev–Trinajstić information content (AvgIpc) is 3.28. The maximum absolute atomic E-state index is 12.6. The summed E-state index contributed by atoms with van der Waals surface area (Å²) in [5, 5.41) is 10.8. The smallest absolute Gasteiger partial charge is 0.257 e. The lowest BCUT2D eigenvalue weighted by atomic mass is 10.1. The molecule has 0 aliphatic rings. The summed E-state index contributed by atoms with van der Waals surface area (Å²) in [5.74, 6) is 0.442. The molecule has 0 saturated carbocycles. The van der Waals surface area contributed by atoms with Gasteiger partial charge in [-0.15, -0.1) is 0 Å². The van der Waals surface area contributed by atoms with Crippen molar-refractivity contribution in [2.24, 2.45) is 0 Å². The Balaban J connectivity index is 1.34. The molecule has 0 bridgehead atoms. The summed E-state index contributed by atoms with van der Waals surface area (Å²) in [7, 11) is 0. The molecule has 0 aliphatic heterocycles. The molecule has 0 spiro atoms. The molecule has 0 fully saturated rings. The number of hydrogen-bond acceptors (Lipinski definition) is 6. The fraction of sp³-hybridized carbons (Fsp3) is 0.115. The van der Waals surface area contributed by atoms with Gasteiger partial charge >= 0.3 is 0 Å². The zero-order valence-corrected chi connectivity index (χ0v) is 18.8. The van der Waals surface area contributed by atoms with Crippen molar-refractivity contribution in [1.82, 2.24) is 24.7 Å². The quantitative estimate of drug-likeness (QED) is 0.381. The Bertz CT molecular complexity index is 1460. The molecule has 1 amide bonds. The molecule has 3 heterocycles. The minimum Gasteiger partial charge on any atom is -0.362 e. The van der Waals surface area contributed by atoms with Crippen LogP contribution < -0.4 is 10.6 Å². The van der Waals surface area contributed by atoms with E-state index in [1.54, 1.807) is 29.5 Å². The van der Waals surface area contributed by atoms with Crippen molar-refractivity contribution in [3.8, 4) is 5.69 Å². The molecule has 5 rings (SSSR count). The number of pyridine rings is 1. The fourth-order valence-electron chi connectivity index (χ4n) is 3.70. The number of hydrogen-bond donors (Lipinski definition) is 2. The van der Waals surface area contributed by atoms with Gasteiger partial charge in [-0.3, -0.25) is 9.78 Å². The summed E-state index contributed by atoms with van der Waals surface area (Å²) in [6.45, 7) is 3.94. The molecule has 2 N–H and O–H groups in total. The Morgan fingerprint density at radius 2 is 1.82 bits per heavy atom. The van der Waals surface area contributed by atoms with Crippen molar-refractivity contribution in [2.45, 2.75) is 19.9 Å². The van der Waals surface area contributed by atoms with Crippen LogP contribution in [0.25, 0.3) is 16.9 Å². The summed E-state index contributed by atoms with van der Waals surface area (Å²) in [6.07, 6.45) is 6.69. The maximum Gasteiger partial charge on any atom is 0.257 e. The Morgan fingerprint density at radius 1 is 0.971 bits per heavy atom. The maximum atomic E-state index is 12.6. The Morgan fingerprint density at radius 3 is 2.65 bits per heavy atom. The highest BCUT2D eigenvalue weighted by molar-refractivity contribution is 6.04. The molecule has 0 saturated heterocycles. The van der Waals surface area contributed by atoms with Crippen LogP contribution in [0.4, 0.5) is 11.5 Å². The van der Waals surface area contributed by atoms with E-state index >= 15 is 0 Å². The fourth-order valence-corrected chi connectivity index (χ4v) is 3.70. The lowest BCUT2D eigenvalue weighted by Gasteiger charge is -2.16. The summed E-state index contributed by atoms with van der Waals surface area (Å²) >= 11 is 0. The number of benzene rings is 2. The lowest BCUT2D eigenvalue weighted by Crippen LogP contribution is -2.13. The van der Waals surface area contributed by atoms with Gasteiger partial charge in [-0.2, -0.15) is 5.10 Å². The second-order valence-corrected chi connectivity index (χ2v) is 8.05. The highest BCUT2D eigenvalue weighted by atomic mass is 16.1. The number of nitrogens with zero attached hydrogens (tertiary/aromatic N) is 5. The van der Waals surface area contributed by atoms with Gasteiger partial charge in [0.25, 0.3) is 5.91 Å². The van der Waals surface area contributed by atoms with Gasteiger partial charge in [-0.25, -0.2) is 14.6 Å². The highest BCUT2D eigenvalue weighted by Gasteiger charge is 2.13. The number of aromatic nitrogens is 5. The van der Waals surface area contributed by atoms with Crippen LogP contribution in [0.5, 0.6) is 0 Å². The van der Waals surface area contributed by atoms with Crippen LogP contribution in [-0.2, 0) is 0 Å². The molecule has 0 unspecified atom stereocenters. The molecule has 1 atom stereocenters. The van der Waals surface area contributed by atoms with E-state index in [2.05, 4.69) is 25.7 Å². The summed E-state index contributed by atoms with van der Waals surface area (Å²) in [6, 6.07) is 19.3. The predicted molar refractivity (Wildman–Crippen MR) is 132 cm³/mol. The molecule has 3 aromatic heterocycles. The van der Waals surface area contributed by atoms with Crippen molar-refractivity contribution < 1.29 is 4.79 Å². The van der Waals surface area contributed by atoms with E-state index in [0.717, 1.165) is 22.3 Å². The molecule has 8 nitrogen and oxygen atoms in total. The number of amides is 1. The summed E-state index contributed by atoms with van der Waals surface area (Å²) in [5.41, 5.74) is 5.49. The largest absolute Gasteiger partial charge is 0.362 e. The van der Waals surface area contributed by atoms with Gasteiger partial charge < -0.3 is 10.6 Å². The van der Waals surface area contributed by atoms with E-state index in [1.807, 2.05) is 74.5 Å². The molecule has 0 radical (unpaired) electrons. The van der Waals surface area contributed by atoms with Crippen molar-refractivity contribution in [2.75, 3.05) is 10.6 Å². The van der Waals surface area contributed by atoms with Crippen LogP contribution in [0.3, 0.4) is 0 Å². The number of carbonyl (C=O) groups is 1. The number of para-hydroxylation sites is 1. The normalized spacial score (nSPS) is 11.8. The molecular formula is C26H23N7O. The van der Waals surface area contributed by atoms with Gasteiger partial charge in [0, 0.05) is 18.1 Å². The number of carbonyl (C=O) groups excluding carboxylic acids is 1. The molecule has 8 heteroatoms. The minimum absolute atomic E-state index is 0.0719. The van der Waals surface area contributed by atoms with Crippen molar-refractivity contribution >= 4 is 28.6 Å². The third-order valence-electron chi connectivity index (χ3n) is 5.42. The van der Waals surface area contributed by atoms with E-state index < -0.39 is 0 Å². The van der Waals surface area contributed by atoms with Crippen LogP contribution in [0, 0.1) is 6.92 Å². The van der Waals surface area contributed by atoms with Gasteiger partial charge in [0.15, 0.2) is 5.65 Å². The third kappa shape index (κ3) is 4.47. The topological polar surface area (TPSA) is 97.6 Å². The van der Waals surface area contributed by atoms with Crippen molar-refractivity contribution in [3.63, 3.8) is 0 Å². The van der Waals surface area contributed by atoms with Crippen LogP contribution in [-0.4, -0.2) is 30.6 Å². The van der Waals surface area contributed by atoms with Crippen LogP contribution in [0.15, 0.2) is 85.5 Å². The monoisotopic (exact) mass is 449 g/mol. The Hall–Kier alpha value is -4.59. The van der Waals surface area contributed by atoms with Gasteiger partial charge in [-0.05, 0) is 55.3 Å². The molecule has 168 valence electrons. The molecule has 0 aliphatic carbocycles. The molecule has 34 heavy (non-hydrogen) atoms. The molecule has 2 aromatic carbocycles. The average molecular weight is 450 g/mol. The SMILES string of the molecule is Cc1cncc(C(=O)Nc2cccc([C@H](C)Nc3cnc4cnn(-c5ccccc5)c4n3)c2)c1. The van der Waals surface area contributed by atoms with Crippen molar-refractivity contribution in [3.05, 3.63) is 102 Å². The first-order valence-corrected chi connectivity index (χ1v) is 10.9. The van der Waals surface area contributed by atoms with E-state index in [9.17, 15) is 4.79 Å².